The second-order valence-electron chi connectivity index (χ2n) is 8.66. The molecule has 4 rings (SSSR count). The van der Waals surface area contributed by atoms with E-state index in [1.165, 1.54) is 13.0 Å². The van der Waals surface area contributed by atoms with Crippen molar-refractivity contribution in [2.75, 3.05) is 0 Å². The van der Waals surface area contributed by atoms with Crippen LogP contribution in [0.2, 0.25) is 5.02 Å². The van der Waals surface area contributed by atoms with Gasteiger partial charge in [0.2, 0.25) is 0 Å². The van der Waals surface area contributed by atoms with Crippen LogP contribution in [0.3, 0.4) is 0 Å². The fourth-order valence-corrected chi connectivity index (χ4v) is 4.95. The number of Topliss-reactive ketones (excluding diaryl/α,β-unsaturated/α-hetero) is 1. The molecule has 1 aliphatic carbocycles. The number of nitrogens with zero attached hydrogens (tertiary/aromatic N) is 2. The average Bonchev–Trinajstić information content (AvgIpc) is 3.04. The molecule has 6 nitrogen and oxygen atoms in total. The number of imide groups is 1. The van der Waals surface area contributed by atoms with Crippen molar-refractivity contribution in [2.24, 2.45) is 17.8 Å². The molecule has 1 heterocycles. The average molecular weight is 453 g/mol. The fraction of sp³-hybridized carbons (Fsp3) is 0.360. The molecular formula is C25H25ClN2O4. The van der Waals surface area contributed by atoms with Gasteiger partial charge in [-0.15, -0.1) is 0 Å². The van der Waals surface area contributed by atoms with Crippen LogP contribution in [0.4, 0.5) is 0 Å². The lowest BCUT2D eigenvalue weighted by Crippen LogP contribution is -2.56. The first-order valence-corrected chi connectivity index (χ1v) is 11.2. The number of carbonyl (C=O) groups excluding carboxylic acids is 4. The smallest absolute Gasteiger partial charge is 0.275 e. The first kappa shape index (κ1) is 22.2. The second kappa shape index (κ2) is 8.87. The Balaban J connectivity index is 1.76. The van der Waals surface area contributed by atoms with Gasteiger partial charge in [0.15, 0.2) is 5.78 Å². The summed E-state index contributed by atoms with van der Waals surface area (Å²) in [4.78, 5) is 53.6. The van der Waals surface area contributed by atoms with E-state index in [9.17, 15) is 19.2 Å². The number of ketones is 1. The van der Waals surface area contributed by atoms with Gasteiger partial charge in [0.25, 0.3) is 17.7 Å². The van der Waals surface area contributed by atoms with E-state index in [-0.39, 0.29) is 16.4 Å². The molecule has 0 aromatic heterocycles. The normalized spacial score (nSPS) is 23.6. The van der Waals surface area contributed by atoms with Gasteiger partial charge in [-0.3, -0.25) is 19.2 Å². The molecule has 166 valence electrons. The van der Waals surface area contributed by atoms with Gasteiger partial charge < -0.3 is 0 Å². The predicted octanol–water partition coefficient (Wildman–Crippen LogP) is 4.39. The van der Waals surface area contributed by atoms with Crippen LogP contribution in [0.25, 0.3) is 0 Å². The molecule has 3 amide bonds. The summed E-state index contributed by atoms with van der Waals surface area (Å²) in [6, 6.07) is 13.9. The Labute approximate surface area is 192 Å². The standard InChI is InChI=1S/C25H25ClN2O4/c1-15-12-13-18-20(14-15)25(32)28(23(18)30)27(24(31)19-10-6-7-11-21(19)26)16(2)22(29)17-8-4-3-5-9-17/h3-11,15-16,18,20H,12-14H2,1-2H3/t15-,16+,18+,20-/m1/s1. The van der Waals surface area contributed by atoms with Crippen LogP contribution >= 0.6 is 11.6 Å². The van der Waals surface area contributed by atoms with Gasteiger partial charge in [0.1, 0.15) is 6.04 Å². The third-order valence-corrected chi connectivity index (χ3v) is 6.83. The summed E-state index contributed by atoms with van der Waals surface area (Å²) in [6.45, 7) is 3.60. The zero-order chi connectivity index (χ0) is 23.0. The molecule has 2 fully saturated rings. The lowest BCUT2D eigenvalue weighted by atomic mass is 9.76. The number of hydrogen-bond acceptors (Lipinski definition) is 4. The molecule has 1 saturated heterocycles. The van der Waals surface area contributed by atoms with Gasteiger partial charge in [-0.05, 0) is 44.2 Å². The van der Waals surface area contributed by atoms with Gasteiger partial charge in [-0.2, -0.15) is 5.01 Å². The molecule has 4 atom stereocenters. The summed E-state index contributed by atoms with van der Waals surface area (Å²) >= 11 is 6.26. The Morgan fingerprint density at radius 3 is 2.28 bits per heavy atom. The zero-order valence-electron chi connectivity index (χ0n) is 18.0. The molecule has 2 aliphatic rings. The second-order valence-corrected chi connectivity index (χ2v) is 9.06. The molecule has 0 unspecified atom stereocenters. The maximum atomic E-state index is 13.6. The highest BCUT2D eigenvalue weighted by atomic mass is 35.5. The Morgan fingerprint density at radius 1 is 0.969 bits per heavy atom. The van der Waals surface area contributed by atoms with Crippen LogP contribution in [0.15, 0.2) is 54.6 Å². The van der Waals surface area contributed by atoms with E-state index in [1.807, 2.05) is 0 Å². The minimum atomic E-state index is -1.08. The van der Waals surface area contributed by atoms with Crippen molar-refractivity contribution in [1.82, 2.24) is 10.0 Å². The molecule has 2 aromatic carbocycles. The van der Waals surface area contributed by atoms with E-state index in [1.54, 1.807) is 48.5 Å². The fourth-order valence-electron chi connectivity index (χ4n) is 4.74. The number of hydrogen-bond donors (Lipinski definition) is 0. The van der Waals surface area contributed by atoms with Crippen molar-refractivity contribution in [3.8, 4) is 0 Å². The van der Waals surface area contributed by atoms with E-state index < -0.39 is 35.6 Å². The Hall–Kier alpha value is -2.99. The molecular weight excluding hydrogens is 428 g/mol. The largest absolute Gasteiger partial charge is 0.292 e. The van der Waals surface area contributed by atoms with Gasteiger partial charge in [0, 0.05) is 5.56 Å². The molecule has 32 heavy (non-hydrogen) atoms. The first-order chi connectivity index (χ1) is 15.3. The molecule has 0 bridgehead atoms. The number of benzene rings is 2. The van der Waals surface area contributed by atoms with Gasteiger partial charge in [-0.1, -0.05) is 61.0 Å². The van der Waals surface area contributed by atoms with Crippen molar-refractivity contribution in [2.45, 2.75) is 39.2 Å². The van der Waals surface area contributed by atoms with Crippen LogP contribution in [-0.2, 0) is 9.59 Å². The van der Waals surface area contributed by atoms with Crippen molar-refractivity contribution < 1.29 is 19.2 Å². The van der Waals surface area contributed by atoms with Crippen molar-refractivity contribution in [1.29, 1.82) is 0 Å². The van der Waals surface area contributed by atoms with Gasteiger partial charge in [0.05, 0.1) is 22.4 Å². The summed E-state index contributed by atoms with van der Waals surface area (Å²) in [6.07, 6.45) is 2.05. The van der Waals surface area contributed by atoms with Crippen LogP contribution in [0.1, 0.15) is 53.8 Å². The summed E-state index contributed by atoms with van der Waals surface area (Å²) in [5.74, 6) is -2.45. The van der Waals surface area contributed by atoms with E-state index >= 15 is 0 Å². The number of carbonyl (C=O) groups is 4. The molecule has 0 spiro atoms. The highest BCUT2D eigenvalue weighted by molar-refractivity contribution is 6.34. The van der Waals surface area contributed by atoms with E-state index in [2.05, 4.69) is 6.92 Å². The Bertz CT molecular complexity index is 1070. The van der Waals surface area contributed by atoms with Crippen LogP contribution in [-0.4, -0.2) is 39.6 Å². The van der Waals surface area contributed by atoms with E-state index in [4.69, 9.17) is 11.6 Å². The SMILES string of the molecule is C[C@@H]1CC[C@@H]2C(=O)N(N(C(=O)c3ccccc3Cl)[C@@H](C)C(=O)c3ccccc3)C(=O)[C@@H]2C1. The van der Waals surface area contributed by atoms with Crippen LogP contribution in [0.5, 0.6) is 0 Å². The van der Waals surface area contributed by atoms with E-state index in [0.29, 0.717) is 24.3 Å². The summed E-state index contributed by atoms with van der Waals surface area (Å²) in [7, 11) is 0. The number of fused-ring (bicyclic) bond motifs is 1. The molecule has 0 N–H and O–H groups in total. The molecule has 7 heteroatoms. The van der Waals surface area contributed by atoms with Crippen molar-refractivity contribution in [3.63, 3.8) is 0 Å². The third kappa shape index (κ3) is 3.84. The zero-order valence-corrected chi connectivity index (χ0v) is 18.8. The maximum absolute atomic E-state index is 13.6. The third-order valence-electron chi connectivity index (χ3n) is 6.50. The van der Waals surface area contributed by atoms with Gasteiger partial charge >= 0.3 is 0 Å². The minimum absolute atomic E-state index is 0.130. The highest BCUT2D eigenvalue weighted by Crippen LogP contribution is 2.41. The molecule has 2 aromatic rings. The quantitative estimate of drug-likeness (QED) is 0.498. The highest BCUT2D eigenvalue weighted by Gasteiger charge is 2.54. The molecule has 1 aliphatic heterocycles. The number of amides is 3. The topological polar surface area (TPSA) is 74.8 Å². The monoisotopic (exact) mass is 452 g/mol. The molecule has 1 saturated carbocycles. The number of hydrazine groups is 1. The van der Waals surface area contributed by atoms with Crippen LogP contribution < -0.4 is 0 Å². The Kier molecular flexibility index (Phi) is 6.15. The lowest BCUT2D eigenvalue weighted by molar-refractivity contribution is -0.156. The van der Waals surface area contributed by atoms with Crippen molar-refractivity contribution >= 4 is 35.1 Å². The maximum Gasteiger partial charge on any atom is 0.275 e. The Morgan fingerprint density at radius 2 is 1.59 bits per heavy atom. The summed E-state index contributed by atoms with van der Waals surface area (Å²) < 4.78 is 0. The molecule has 0 radical (unpaired) electrons. The van der Waals surface area contributed by atoms with E-state index in [0.717, 1.165) is 16.4 Å². The van der Waals surface area contributed by atoms with Crippen LogP contribution in [0, 0.1) is 17.8 Å². The summed E-state index contributed by atoms with van der Waals surface area (Å²) in [5.41, 5.74) is 0.521. The first-order valence-electron chi connectivity index (χ1n) is 10.9. The van der Waals surface area contributed by atoms with Gasteiger partial charge in [-0.25, -0.2) is 5.01 Å². The predicted molar refractivity (Wildman–Crippen MR) is 120 cm³/mol. The minimum Gasteiger partial charge on any atom is -0.292 e. The van der Waals surface area contributed by atoms with Crippen molar-refractivity contribution in [3.05, 3.63) is 70.7 Å². The number of halogens is 1. The summed E-state index contributed by atoms with van der Waals surface area (Å²) in [5, 5.41) is 2.13. The number of rotatable bonds is 5. The lowest BCUT2D eigenvalue weighted by Gasteiger charge is -2.35.